The SMILES string of the molecule is OC(Cc1ccccc1)Cc1cn(C2CCNCC2)nn1. The minimum Gasteiger partial charge on any atom is -0.392 e. The van der Waals surface area contributed by atoms with E-state index in [0.29, 0.717) is 18.9 Å². The number of benzene rings is 1. The second-order valence-corrected chi connectivity index (χ2v) is 5.72. The molecule has 1 aliphatic heterocycles. The van der Waals surface area contributed by atoms with Crippen molar-refractivity contribution in [1.82, 2.24) is 20.3 Å². The molecule has 0 radical (unpaired) electrons. The molecule has 112 valence electrons. The maximum Gasteiger partial charge on any atom is 0.0853 e. The highest BCUT2D eigenvalue weighted by atomic mass is 16.3. The molecule has 3 rings (SSSR count). The van der Waals surface area contributed by atoms with Crippen LogP contribution in [0.5, 0.6) is 0 Å². The van der Waals surface area contributed by atoms with E-state index < -0.39 is 6.10 Å². The topological polar surface area (TPSA) is 63.0 Å². The van der Waals surface area contributed by atoms with E-state index >= 15 is 0 Å². The van der Waals surface area contributed by atoms with Crippen molar-refractivity contribution in [1.29, 1.82) is 0 Å². The molecule has 1 unspecified atom stereocenters. The number of nitrogens with one attached hydrogen (secondary N) is 1. The lowest BCUT2D eigenvalue weighted by Crippen LogP contribution is -2.29. The smallest absolute Gasteiger partial charge is 0.0853 e. The number of aromatic nitrogens is 3. The lowest BCUT2D eigenvalue weighted by Gasteiger charge is -2.22. The monoisotopic (exact) mass is 286 g/mol. The normalized spacial score (nSPS) is 17.8. The molecule has 0 aliphatic carbocycles. The van der Waals surface area contributed by atoms with E-state index in [4.69, 9.17) is 0 Å². The number of piperidine rings is 1. The molecule has 1 aromatic heterocycles. The molecule has 0 saturated carbocycles. The first kappa shape index (κ1) is 14.2. The molecule has 1 aliphatic rings. The lowest BCUT2D eigenvalue weighted by molar-refractivity contribution is 0.174. The van der Waals surface area contributed by atoms with E-state index in [9.17, 15) is 5.11 Å². The van der Waals surface area contributed by atoms with Crippen molar-refractivity contribution in [2.45, 2.75) is 37.8 Å². The Bertz CT molecular complexity index is 548. The Morgan fingerprint density at radius 1 is 1.19 bits per heavy atom. The highest BCUT2D eigenvalue weighted by Crippen LogP contribution is 2.17. The third-order valence-corrected chi connectivity index (χ3v) is 4.00. The maximum absolute atomic E-state index is 10.2. The van der Waals surface area contributed by atoms with Gasteiger partial charge in [0.15, 0.2) is 0 Å². The Morgan fingerprint density at radius 3 is 2.71 bits per heavy atom. The van der Waals surface area contributed by atoms with Gasteiger partial charge in [0, 0.05) is 12.6 Å². The van der Waals surface area contributed by atoms with Gasteiger partial charge in [-0.05, 0) is 37.9 Å². The number of hydrogen-bond acceptors (Lipinski definition) is 4. The van der Waals surface area contributed by atoms with Gasteiger partial charge in [-0.2, -0.15) is 0 Å². The van der Waals surface area contributed by atoms with Gasteiger partial charge < -0.3 is 10.4 Å². The highest BCUT2D eigenvalue weighted by Gasteiger charge is 2.17. The fourth-order valence-corrected chi connectivity index (χ4v) is 2.86. The van der Waals surface area contributed by atoms with Crippen molar-refractivity contribution in [3.05, 3.63) is 47.8 Å². The molecule has 1 aromatic carbocycles. The number of aliphatic hydroxyl groups excluding tert-OH is 1. The van der Waals surface area contributed by atoms with Crippen molar-refractivity contribution >= 4 is 0 Å². The number of nitrogens with zero attached hydrogens (tertiary/aromatic N) is 3. The summed E-state index contributed by atoms with van der Waals surface area (Å²) in [5, 5.41) is 22.0. The van der Waals surface area contributed by atoms with Crippen LogP contribution in [0.15, 0.2) is 36.5 Å². The Labute approximate surface area is 125 Å². The second kappa shape index (κ2) is 6.83. The molecule has 5 nitrogen and oxygen atoms in total. The molecule has 5 heteroatoms. The van der Waals surface area contributed by atoms with E-state index in [1.165, 1.54) is 0 Å². The third-order valence-electron chi connectivity index (χ3n) is 4.00. The van der Waals surface area contributed by atoms with E-state index in [1.54, 1.807) is 0 Å². The predicted molar refractivity (Wildman–Crippen MR) is 81.0 cm³/mol. The van der Waals surface area contributed by atoms with E-state index in [0.717, 1.165) is 37.2 Å². The van der Waals surface area contributed by atoms with Crippen LogP contribution in [0.2, 0.25) is 0 Å². The first-order valence-corrected chi connectivity index (χ1v) is 7.64. The number of rotatable bonds is 5. The lowest BCUT2D eigenvalue weighted by atomic mass is 10.0. The summed E-state index contributed by atoms with van der Waals surface area (Å²) in [6, 6.07) is 10.5. The average molecular weight is 286 g/mol. The van der Waals surface area contributed by atoms with Gasteiger partial charge >= 0.3 is 0 Å². The highest BCUT2D eigenvalue weighted by molar-refractivity contribution is 5.16. The van der Waals surface area contributed by atoms with Crippen LogP contribution < -0.4 is 5.32 Å². The molecule has 2 heterocycles. The summed E-state index contributed by atoms with van der Waals surface area (Å²) in [6.45, 7) is 2.08. The minimum atomic E-state index is -0.412. The van der Waals surface area contributed by atoms with E-state index in [2.05, 4.69) is 15.6 Å². The zero-order chi connectivity index (χ0) is 14.5. The number of aliphatic hydroxyl groups is 1. The molecule has 0 spiro atoms. The molecule has 1 atom stereocenters. The van der Waals surface area contributed by atoms with Crippen LogP contribution in [0.1, 0.15) is 30.1 Å². The van der Waals surface area contributed by atoms with Gasteiger partial charge in [-0.3, -0.25) is 0 Å². The number of hydrogen-bond donors (Lipinski definition) is 2. The first-order valence-electron chi connectivity index (χ1n) is 7.64. The molecule has 2 N–H and O–H groups in total. The van der Waals surface area contributed by atoms with Crippen molar-refractivity contribution in [2.24, 2.45) is 0 Å². The van der Waals surface area contributed by atoms with Gasteiger partial charge in [0.2, 0.25) is 0 Å². The predicted octanol–water partition coefficient (Wildman–Crippen LogP) is 1.35. The molecule has 21 heavy (non-hydrogen) atoms. The molecular weight excluding hydrogens is 264 g/mol. The van der Waals surface area contributed by atoms with Crippen molar-refractivity contribution in [3.63, 3.8) is 0 Å². The van der Waals surface area contributed by atoms with Crippen LogP contribution in [0.4, 0.5) is 0 Å². The summed E-state index contributed by atoms with van der Waals surface area (Å²) in [7, 11) is 0. The summed E-state index contributed by atoms with van der Waals surface area (Å²) in [5.74, 6) is 0. The molecule has 1 saturated heterocycles. The maximum atomic E-state index is 10.2. The zero-order valence-corrected chi connectivity index (χ0v) is 12.2. The average Bonchev–Trinajstić information content (AvgIpc) is 2.97. The Balaban J connectivity index is 1.56. The molecule has 2 aromatic rings. The van der Waals surface area contributed by atoms with Crippen molar-refractivity contribution in [3.8, 4) is 0 Å². The fourth-order valence-electron chi connectivity index (χ4n) is 2.86. The van der Waals surface area contributed by atoms with Crippen LogP contribution in [0.3, 0.4) is 0 Å². The van der Waals surface area contributed by atoms with Crippen molar-refractivity contribution in [2.75, 3.05) is 13.1 Å². The van der Waals surface area contributed by atoms with Crippen LogP contribution in [-0.2, 0) is 12.8 Å². The Kier molecular flexibility index (Phi) is 4.62. The minimum absolute atomic E-state index is 0.412. The summed E-state index contributed by atoms with van der Waals surface area (Å²) in [5.41, 5.74) is 2.02. The van der Waals surface area contributed by atoms with Crippen LogP contribution in [0.25, 0.3) is 0 Å². The Morgan fingerprint density at radius 2 is 1.95 bits per heavy atom. The molecule has 0 amide bonds. The fraction of sp³-hybridized carbons (Fsp3) is 0.500. The van der Waals surface area contributed by atoms with Crippen LogP contribution >= 0.6 is 0 Å². The van der Waals surface area contributed by atoms with Crippen molar-refractivity contribution < 1.29 is 5.11 Å². The summed E-state index contributed by atoms with van der Waals surface area (Å²) >= 11 is 0. The Hall–Kier alpha value is -1.72. The molecular formula is C16H22N4O. The summed E-state index contributed by atoms with van der Waals surface area (Å²) < 4.78 is 1.96. The van der Waals surface area contributed by atoms with Gasteiger partial charge in [-0.25, -0.2) is 4.68 Å². The largest absolute Gasteiger partial charge is 0.392 e. The first-order chi connectivity index (χ1) is 10.3. The van der Waals surface area contributed by atoms with Gasteiger partial charge in [0.05, 0.1) is 17.8 Å². The van der Waals surface area contributed by atoms with E-state index in [1.807, 2.05) is 41.2 Å². The van der Waals surface area contributed by atoms with Gasteiger partial charge in [-0.15, -0.1) is 5.10 Å². The third kappa shape index (κ3) is 3.89. The molecule has 1 fully saturated rings. The summed E-state index contributed by atoms with van der Waals surface area (Å²) in [6.07, 6.45) is 4.97. The van der Waals surface area contributed by atoms with E-state index in [-0.39, 0.29) is 0 Å². The van der Waals surface area contributed by atoms with Crippen LogP contribution in [-0.4, -0.2) is 39.3 Å². The summed E-state index contributed by atoms with van der Waals surface area (Å²) in [4.78, 5) is 0. The van der Waals surface area contributed by atoms with Crippen LogP contribution in [0, 0.1) is 0 Å². The quantitative estimate of drug-likeness (QED) is 0.871. The van der Waals surface area contributed by atoms with Gasteiger partial charge in [-0.1, -0.05) is 35.5 Å². The van der Waals surface area contributed by atoms with Gasteiger partial charge in [0.25, 0.3) is 0 Å². The molecule has 0 bridgehead atoms. The second-order valence-electron chi connectivity index (χ2n) is 5.72. The van der Waals surface area contributed by atoms with Gasteiger partial charge in [0.1, 0.15) is 0 Å². The standard InChI is InChI=1S/C16H22N4O/c21-16(10-13-4-2-1-3-5-13)11-14-12-20(19-18-14)15-6-8-17-9-7-15/h1-5,12,15-17,21H,6-11H2. The zero-order valence-electron chi connectivity index (χ0n) is 12.2.